The number of anilines is 1. The van der Waals surface area contributed by atoms with Crippen molar-refractivity contribution in [3.8, 4) is 16.9 Å². The van der Waals surface area contributed by atoms with Crippen LogP contribution in [0.1, 0.15) is 12.5 Å². The topological polar surface area (TPSA) is 99.2 Å². The quantitative estimate of drug-likeness (QED) is 0.519. The molecule has 0 aliphatic carbocycles. The fraction of sp³-hybridized carbons (Fsp3) is 0.200. The summed E-state index contributed by atoms with van der Waals surface area (Å²) in [6.07, 6.45) is 4.31. The summed E-state index contributed by atoms with van der Waals surface area (Å²) in [5.41, 5.74) is 3.14. The van der Waals surface area contributed by atoms with Crippen LogP contribution in [0.3, 0.4) is 0 Å². The lowest BCUT2D eigenvalue weighted by Gasteiger charge is -2.11. The van der Waals surface area contributed by atoms with E-state index in [4.69, 9.17) is 9.26 Å². The predicted octanol–water partition coefficient (Wildman–Crippen LogP) is 3.60. The molecule has 0 aliphatic heterocycles. The summed E-state index contributed by atoms with van der Waals surface area (Å²) in [7, 11) is -0.669. The van der Waals surface area contributed by atoms with Crippen LogP contribution in [0, 0.1) is 0 Å². The van der Waals surface area contributed by atoms with Crippen molar-refractivity contribution >= 4 is 26.8 Å². The molecule has 0 radical (unpaired) electrons. The lowest BCUT2D eigenvalue weighted by Crippen LogP contribution is -2.15. The molecule has 0 saturated carbocycles. The molecule has 0 atom stereocenters. The predicted molar refractivity (Wildman–Crippen MR) is 109 cm³/mol. The minimum Gasteiger partial charge on any atom is -0.495 e. The number of fused-ring (bicyclic) bond motifs is 1. The van der Waals surface area contributed by atoms with Gasteiger partial charge in [-0.1, -0.05) is 24.2 Å². The first-order valence-electron chi connectivity index (χ1n) is 8.99. The van der Waals surface area contributed by atoms with E-state index in [1.54, 1.807) is 29.1 Å². The molecule has 1 N–H and O–H groups in total. The summed E-state index contributed by atoms with van der Waals surface area (Å²) in [6, 6.07) is 10.5. The Morgan fingerprint density at radius 3 is 2.69 bits per heavy atom. The standard InChI is InChI=1S/C20H20N4O4S/c1-4-13-5-7-18(27-3)19(9-13)29(25,26)23-20-16-10-14(6-8-17(16)28-22-20)15-11-21-24(2)12-15/h5-12H,4H2,1-3H3,(H,22,23). The van der Waals surface area contributed by atoms with E-state index in [2.05, 4.69) is 15.0 Å². The van der Waals surface area contributed by atoms with Gasteiger partial charge in [0, 0.05) is 18.8 Å². The molecule has 0 saturated heterocycles. The molecule has 0 fully saturated rings. The monoisotopic (exact) mass is 412 g/mol. The highest BCUT2D eigenvalue weighted by Crippen LogP contribution is 2.32. The van der Waals surface area contributed by atoms with Crippen molar-refractivity contribution in [1.82, 2.24) is 14.9 Å². The summed E-state index contributed by atoms with van der Waals surface area (Å²) in [6.45, 7) is 1.96. The van der Waals surface area contributed by atoms with Gasteiger partial charge in [-0.3, -0.25) is 9.40 Å². The van der Waals surface area contributed by atoms with Gasteiger partial charge in [0.1, 0.15) is 10.6 Å². The van der Waals surface area contributed by atoms with Gasteiger partial charge in [-0.15, -0.1) is 0 Å². The van der Waals surface area contributed by atoms with Gasteiger partial charge in [-0.2, -0.15) is 5.10 Å². The second-order valence-electron chi connectivity index (χ2n) is 6.59. The third-order valence-electron chi connectivity index (χ3n) is 4.67. The highest BCUT2D eigenvalue weighted by Gasteiger charge is 2.23. The van der Waals surface area contributed by atoms with Gasteiger partial charge < -0.3 is 9.26 Å². The minimum absolute atomic E-state index is 0.0545. The van der Waals surface area contributed by atoms with E-state index in [0.717, 1.165) is 16.7 Å². The van der Waals surface area contributed by atoms with Crippen LogP contribution < -0.4 is 9.46 Å². The van der Waals surface area contributed by atoms with E-state index in [9.17, 15) is 8.42 Å². The number of hydrogen-bond acceptors (Lipinski definition) is 6. The van der Waals surface area contributed by atoms with Crippen molar-refractivity contribution in [2.24, 2.45) is 7.05 Å². The zero-order chi connectivity index (χ0) is 20.6. The average Bonchev–Trinajstić information content (AvgIpc) is 3.33. The molecule has 9 heteroatoms. The first-order valence-corrected chi connectivity index (χ1v) is 10.5. The molecule has 2 aromatic heterocycles. The lowest BCUT2D eigenvalue weighted by atomic mass is 10.1. The number of aryl methyl sites for hydroxylation is 2. The number of ether oxygens (including phenoxy) is 1. The largest absolute Gasteiger partial charge is 0.495 e. The lowest BCUT2D eigenvalue weighted by molar-refractivity contribution is 0.402. The summed E-state index contributed by atoms with van der Waals surface area (Å²) < 4.78 is 40.9. The molecular weight excluding hydrogens is 392 g/mol. The van der Waals surface area contributed by atoms with Crippen molar-refractivity contribution < 1.29 is 17.7 Å². The van der Waals surface area contributed by atoms with Gasteiger partial charge in [-0.25, -0.2) is 8.42 Å². The molecule has 29 heavy (non-hydrogen) atoms. The smallest absolute Gasteiger partial charge is 0.266 e. The number of nitrogens with one attached hydrogen (secondary N) is 1. The molecule has 2 heterocycles. The molecule has 4 rings (SSSR count). The van der Waals surface area contributed by atoms with Gasteiger partial charge in [0.05, 0.1) is 18.7 Å². The number of nitrogens with zero attached hydrogens (tertiary/aromatic N) is 3. The Morgan fingerprint density at radius 1 is 1.17 bits per heavy atom. The zero-order valence-electron chi connectivity index (χ0n) is 16.2. The number of benzene rings is 2. The second-order valence-corrected chi connectivity index (χ2v) is 8.24. The molecule has 0 aliphatic rings. The molecular formula is C20H20N4O4S. The van der Waals surface area contributed by atoms with Crippen LogP contribution in [0.5, 0.6) is 5.75 Å². The molecule has 0 spiro atoms. The van der Waals surface area contributed by atoms with Gasteiger partial charge in [0.2, 0.25) is 0 Å². The molecule has 150 valence electrons. The van der Waals surface area contributed by atoms with Crippen molar-refractivity contribution in [2.45, 2.75) is 18.2 Å². The molecule has 2 aromatic carbocycles. The highest BCUT2D eigenvalue weighted by molar-refractivity contribution is 7.92. The van der Waals surface area contributed by atoms with E-state index < -0.39 is 10.0 Å². The maximum absolute atomic E-state index is 13.1. The van der Waals surface area contributed by atoms with Crippen LogP contribution in [0.2, 0.25) is 0 Å². The molecule has 4 aromatic rings. The van der Waals surface area contributed by atoms with Gasteiger partial charge in [-0.05, 0) is 41.8 Å². The van der Waals surface area contributed by atoms with Crippen LogP contribution in [0.25, 0.3) is 22.1 Å². The summed E-state index contributed by atoms with van der Waals surface area (Å²) in [5.74, 6) is 0.383. The molecule has 0 bridgehead atoms. The molecule has 0 amide bonds. The Kier molecular flexibility index (Phi) is 4.75. The van der Waals surface area contributed by atoms with Crippen LogP contribution >= 0.6 is 0 Å². The number of aromatic nitrogens is 3. The van der Waals surface area contributed by atoms with Crippen molar-refractivity contribution in [3.63, 3.8) is 0 Å². The SMILES string of the molecule is CCc1ccc(OC)c(S(=O)(=O)Nc2noc3ccc(-c4cnn(C)c4)cc23)c1. The normalized spacial score (nSPS) is 11.7. The van der Waals surface area contributed by atoms with Crippen LogP contribution in [-0.2, 0) is 23.5 Å². The third kappa shape index (κ3) is 3.56. The van der Waals surface area contributed by atoms with E-state index in [1.807, 2.05) is 38.4 Å². The zero-order valence-corrected chi connectivity index (χ0v) is 17.0. The van der Waals surface area contributed by atoms with Crippen LogP contribution in [-0.4, -0.2) is 30.5 Å². The van der Waals surface area contributed by atoms with E-state index in [-0.39, 0.29) is 16.5 Å². The van der Waals surface area contributed by atoms with Gasteiger partial charge in [0.15, 0.2) is 11.4 Å². The third-order valence-corrected chi connectivity index (χ3v) is 6.03. The van der Waals surface area contributed by atoms with Crippen molar-refractivity contribution in [3.05, 3.63) is 54.4 Å². The Labute approximate surface area is 168 Å². The first-order chi connectivity index (χ1) is 13.9. The Morgan fingerprint density at radius 2 is 2.00 bits per heavy atom. The number of hydrogen-bond donors (Lipinski definition) is 1. The van der Waals surface area contributed by atoms with Crippen LogP contribution in [0.4, 0.5) is 5.82 Å². The fourth-order valence-corrected chi connectivity index (χ4v) is 4.33. The Hall–Kier alpha value is -3.33. The maximum atomic E-state index is 13.1. The minimum atomic E-state index is -3.94. The highest BCUT2D eigenvalue weighted by atomic mass is 32.2. The fourth-order valence-electron chi connectivity index (χ4n) is 3.10. The number of rotatable bonds is 6. The van der Waals surface area contributed by atoms with Crippen LogP contribution in [0.15, 0.2) is 58.2 Å². The van der Waals surface area contributed by atoms with E-state index in [0.29, 0.717) is 17.4 Å². The second kappa shape index (κ2) is 7.25. The van der Waals surface area contributed by atoms with Crippen molar-refractivity contribution in [1.29, 1.82) is 0 Å². The first kappa shape index (κ1) is 19.0. The molecule has 0 unspecified atom stereocenters. The number of methoxy groups -OCH3 is 1. The summed E-state index contributed by atoms with van der Waals surface area (Å²) in [5, 5.41) is 8.64. The molecule has 8 nitrogen and oxygen atoms in total. The van der Waals surface area contributed by atoms with Crippen molar-refractivity contribution in [2.75, 3.05) is 11.8 Å². The van der Waals surface area contributed by atoms with Gasteiger partial charge in [0.25, 0.3) is 10.0 Å². The van der Waals surface area contributed by atoms with E-state index >= 15 is 0 Å². The summed E-state index contributed by atoms with van der Waals surface area (Å²) >= 11 is 0. The number of sulfonamides is 1. The Bertz CT molecular complexity index is 1290. The Balaban J connectivity index is 1.76. The summed E-state index contributed by atoms with van der Waals surface area (Å²) in [4.78, 5) is 0.0545. The van der Waals surface area contributed by atoms with E-state index in [1.165, 1.54) is 7.11 Å². The maximum Gasteiger partial charge on any atom is 0.266 e. The van der Waals surface area contributed by atoms with Gasteiger partial charge >= 0.3 is 0 Å². The average molecular weight is 412 g/mol.